The van der Waals surface area contributed by atoms with E-state index < -0.39 is 0 Å². The van der Waals surface area contributed by atoms with E-state index in [1.165, 1.54) is 5.56 Å². The highest BCUT2D eigenvalue weighted by atomic mass is 35.5. The van der Waals surface area contributed by atoms with Crippen LogP contribution in [0.2, 0.25) is 5.02 Å². The summed E-state index contributed by atoms with van der Waals surface area (Å²) in [7, 11) is 2.03. The molecule has 1 aliphatic heterocycles. The molecule has 0 bridgehead atoms. The predicted octanol–water partition coefficient (Wildman–Crippen LogP) is 3.39. The molecule has 1 amide bonds. The van der Waals surface area contributed by atoms with Gasteiger partial charge in [-0.05, 0) is 46.7 Å². The molecule has 0 spiro atoms. The van der Waals surface area contributed by atoms with Gasteiger partial charge in [-0.15, -0.1) is 0 Å². The van der Waals surface area contributed by atoms with E-state index in [4.69, 9.17) is 16.0 Å². The Balaban J connectivity index is 1.53. The van der Waals surface area contributed by atoms with E-state index in [2.05, 4.69) is 21.9 Å². The zero-order valence-corrected chi connectivity index (χ0v) is 17.0. The number of benzene rings is 1. The van der Waals surface area contributed by atoms with Gasteiger partial charge in [-0.1, -0.05) is 23.7 Å². The Morgan fingerprint density at radius 2 is 2.14 bits per heavy atom. The lowest BCUT2D eigenvalue weighted by Gasteiger charge is -2.21. The molecular weight excluding hydrogens is 394 g/mol. The Labute approximate surface area is 172 Å². The van der Waals surface area contributed by atoms with Crippen molar-refractivity contribution in [1.29, 1.82) is 0 Å². The van der Waals surface area contributed by atoms with Crippen molar-refractivity contribution in [3.8, 4) is 0 Å². The molecule has 5 nitrogen and oxygen atoms in total. The van der Waals surface area contributed by atoms with Crippen LogP contribution >= 0.6 is 22.9 Å². The minimum atomic E-state index is -0.220. The van der Waals surface area contributed by atoms with Gasteiger partial charge < -0.3 is 9.32 Å². The first kappa shape index (κ1) is 18.9. The molecule has 0 saturated carbocycles. The summed E-state index contributed by atoms with van der Waals surface area (Å²) in [5, 5.41) is 11.1. The molecule has 1 N–H and O–H groups in total. The maximum absolute atomic E-state index is 13.1. The van der Waals surface area contributed by atoms with Gasteiger partial charge in [0, 0.05) is 17.0 Å². The lowest BCUT2D eigenvalue weighted by atomic mass is 10.0. The summed E-state index contributed by atoms with van der Waals surface area (Å²) < 4.78 is 5.60. The molecule has 1 aliphatic rings. The molecule has 0 saturated heterocycles. The number of nitrogens with one attached hydrogen (secondary N) is 1. The van der Waals surface area contributed by atoms with Gasteiger partial charge >= 0.3 is 0 Å². The van der Waals surface area contributed by atoms with Crippen LogP contribution in [0.4, 0.5) is 0 Å². The molecule has 1 aromatic carbocycles. The van der Waals surface area contributed by atoms with Crippen molar-refractivity contribution in [2.75, 3.05) is 13.6 Å². The van der Waals surface area contributed by atoms with E-state index in [1.54, 1.807) is 22.6 Å². The number of hydrogen-bond donors (Lipinski definition) is 1. The van der Waals surface area contributed by atoms with Gasteiger partial charge in [-0.25, -0.2) is 5.01 Å². The highest BCUT2D eigenvalue weighted by Gasteiger charge is 2.35. The number of hydrogen-bond acceptors (Lipinski definition) is 4. The van der Waals surface area contributed by atoms with Crippen LogP contribution in [-0.2, 0) is 11.3 Å². The highest BCUT2D eigenvalue weighted by Crippen LogP contribution is 2.33. The van der Waals surface area contributed by atoms with E-state index in [-0.39, 0.29) is 11.9 Å². The summed E-state index contributed by atoms with van der Waals surface area (Å²) in [6.07, 6.45) is 2.25. The number of furan rings is 1. The van der Waals surface area contributed by atoms with E-state index >= 15 is 0 Å². The molecule has 3 heterocycles. The second-order valence-electron chi connectivity index (χ2n) is 6.97. The Morgan fingerprint density at radius 3 is 2.82 bits per heavy atom. The van der Waals surface area contributed by atoms with Crippen LogP contribution in [0.3, 0.4) is 0 Å². The molecule has 3 aromatic rings. The number of carbonyl (C=O) groups is 1. The van der Waals surface area contributed by atoms with Crippen molar-refractivity contribution < 1.29 is 14.1 Å². The normalized spacial score (nSPS) is 17.6. The van der Waals surface area contributed by atoms with Gasteiger partial charge in [0.2, 0.25) is 0 Å². The smallest absolute Gasteiger partial charge is 0.298 e. The summed E-state index contributed by atoms with van der Waals surface area (Å²) >= 11 is 7.67. The molecule has 2 atom stereocenters. The van der Waals surface area contributed by atoms with Crippen LogP contribution < -0.4 is 4.90 Å². The molecule has 1 unspecified atom stereocenters. The molecule has 4 rings (SSSR count). The number of likely N-dealkylation sites (N-methyl/N-ethyl adjacent to an activating group) is 1. The van der Waals surface area contributed by atoms with Gasteiger partial charge in [0.1, 0.15) is 18.3 Å². The van der Waals surface area contributed by atoms with Crippen molar-refractivity contribution in [3.05, 3.63) is 81.4 Å². The minimum absolute atomic E-state index is 0.0157. The number of halogens is 1. The van der Waals surface area contributed by atoms with Gasteiger partial charge in [0.15, 0.2) is 6.54 Å². The Morgan fingerprint density at radius 1 is 1.32 bits per heavy atom. The third-order valence-electron chi connectivity index (χ3n) is 4.75. The molecule has 0 radical (unpaired) electrons. The number of nitrogens with zero attached hydrogens (tertiary/aromatic N) is 2. The average Bonchev–Trinajstić information content (AvgIpc) is 3.43. The van der Waals surface area contributed by atoms with Crippen LogP contribution in [0.15, 0.2) is 69.0 Å². The van der Waals surface area contributed by atoms with E-state index in [9.17, 15) is 4.79 Å². The van der Waals surface area contributed by atoms with Gasteiger partial charge in [-0.2, -0.15) is 16.4 Å². The molecule has 28 heavy (non-hydrogen) atoms. The summed E-state index contributed by atoms with van der Waals surface area (Å²) in [6, 6.07) is 13.2. The van der Waals surface area contributed by atoms with E-state index in [1.807, 2.05) is 43.4 Å². The zero-order valence-electron chi connectivity index (χ0n) is 15.5. The first-order chi connectivity index (χ1) is 13.6. The van der Waals surface area contributed by atoms with Crippen LogP contribution in [0.5, 0.6) is 0 Å². The van der Waals surface area contributed by atoms with Crippen LogP contribution in [0.25, 0.3) is 0 Å². The topological polar surface area (TPSA) is 50.2 Å². The van der Waals surface area contributed by atoms with E-state index in [0.29, 0.717) is 18.0 Å². The zero-order chi connectivity index (χ0) is 19.5. The number of quaternary nitrogens is 1. The molecular formula is C21H21ClN3O2S+. The van der Waals surface area contributed by atoms with Crippen molar-refractivity contribution in [2.24, 2.45) is 5.10 Å². The largest absolute Gasteiger partial charge is 0.467 e. The SMILES string of the molecule is C[NH+](CC(=O)N1N=C(c2ccc(Cl)cc2)C[C@@H]1c1ccco1)Cc1ccsc1. The fraction of sp³-hybridized carbons (Fsp3) is 0.238. The minimum Gasteiger partial charge on any atom is -0.467 e. The first-order valence-corrected chi connectivity index (χ1v) is 10.4. The van der Waals surface area contributed by atoms with Crippen LogP contribution in [0.1, 0.15) is 29.3 Å². The quantitative estimate of drug-likeness (QED) is 0.672. The number of amides is 1. The number of carbonyl (C=O) groups excluding carboxylic acids is 1. The number of rotatable bonds is 6. The standard InChI is InChI=1S/C21H20ClN3O2S/c1-24(12-15-8-10-28-14-15)13-21(26)25-19(20-3-2-9-27-20)11-18(23-25)16-4-6-17(22)7-5-16/h2-10,14,19H,11-13H2,1H3/p+1/t19-/m1/s1. The Hall–Kier alpha value is -2.41. The average molecular weight is 415 g/mol. The van der Waals surface area contributed by atoms with Gasteiger partial charge in [0.05, 0.1) is 19.0 Å². The van der Waals surface area contributed by atoms with Crippen LogP contribution in [0, 0.1) is 0 Å². The van der Waals surface area contributed by atoms with E-state index in [0.717, 1.165) is 28.5 Å². The molecule has 144 valence electrons. The summed E-state index contributed by atoms with van der Waals surface area (Å²) in [5.74, 6) is 0.731. The van der Waals surface area contributed by atoms with Crippen molar-refractivity contribution in [3.63, 3.8) is 0 Å². The summed E-state index contributed by atoms with van der Waals surface area (Å²) in [6.45, 7) is 1.17. The molecule has 7 heteroatoms. The maximum Gasteiger partial charge on any atom is 0.298 e. The number of hydrazone groups is 1. The summed E-state index contributed by atoms with van der Waals surface area (Å²) in [4.78, 5) is 14.2. The fourth-order valence-corrected chi connectivity index (χ4v) is 4.20. The molecule has 0 fully saturated rings. The highest BCUT2D eigenvalue weighted by molar-refractivity contribution is 7.07. The second kappa shape index (κ2) is 8.31. The predicted molar refractivity (Wildman–Crippen MR) is 111 cm³/mol. The first-order valence-electron chi connectivity index (χ1n) is 9.11. The lowest BCUT2D eigenvalue weighted by molar-refractivity contribution is -0.885. The third-order valence-corrected chi connectivity index (χ3v) is 5.74. The molecule has 2 aromatic heterocycles. The number of thiophene rings is 1. The third kappa shape index (κ3) is 4.19. The van der Waals surface area contributed by atoms with Gasteiger partial charge in [-0.3, -0.25) is 4.79 Å². The van der Waals surface area contributed by atoms with Crippen molar-refractivity contribution >= 4 is 34.6 Å². The monoisotopic (exact) mass is 414 g/mol. The van der Waals surface area contributed by atoms with Gasteiger partial charge in [0.25, 0.3) is 5.91 Å². The van der Waals surface area contributed by atoms with Crippen molar-refractivity contribution in [1.82, 2.24) is 5.01 Å². The van der Waals surface area contributed by atoms with Crippen LogP contribution in [-0.4, -0.2) is 30.2 Å². The maximum atomic E-state index is 13.1. The Bertz CT molecular complexity index is 952. The van der Waals surface area contributed by atoms with Crippen molar-refractivity contribution in [2.45, 2.75) is 19.0 Å². The molecule has 0 aliphatic carbocycles. The lowest BCUT2D eigenvalue weighted by Crippen LogP contribution is -3.08. The fourth-order valence-electron chi connectivity index (χ4n) is 3.40. The second-order valence-corrected chi connectivity index (χ2v) is 8.19. The summed E-state index contributed by atoms with van der Waals surface area (Å²) in [5.41, 5.74) is 3.07. The Kier molecular flexibility index (Phi) is 5.62.